The summed E-state index contributed by atoms with van der Waals surface area (Å²) in [4.78, 5) is 10.4. The molecule has 10 heavy (non-hydrogen) atoms. The van der Waals surface area contributed by atoms with Crippen LogP contribution < -0.4 is 0 Å². The number of hydrogen-bond donors (Lipinski definition) is 0. The van der Waals surface area contributed by atoms with Gasteiger partial charge in [0.15, 0.2) is 0 Å². The maximum Gasteiger partial charge on any atom is 0.304 e. The third kappa shape index (κ3) is 0.780. The molecule has 2 heteroatoms. The summed E-state index contributed by atoms with van der Waals surface area (Å²) < 4.78 is 12.2. The van der Waals surface area contributed by atoms with Gasteiger partial charge < -0.3 is 0 Å². The van der Waals surface area contributed by atoms with E-state index >= 15 is 0 Å². The predicted molar refractivity (Wildman–Crippen MR) is 35.1 cm³/mol. The molecule has 0 spiro atoms. The molecule has 3 atom stereocenters. The zero-order valence-corrected chi connectivity index (χ0v) is 5.85. The quantitative estimate of drug-likeness (QED) is 0.511. The van der Waals surface area contributed by atoms with Crippen LogP contribution in [0.25, 0.3) is 0 Å². The minimum atomic E-state index is -1.06. The fraction of sp³-hybridized carbons (Fsp3) is 0.875. The lowest BCUT2D eigenvalue weighted by molar-refractivity contribution is -0.135. The van der Waals surface area contributed by atoms with Crippen LogP contribution in [-0.4, -0.2) is 6.04 Å². The van der Waals surface area contributed by atoms with E-state index in [1.807, 2.05) is 0 Å². The van der Waals surface area contributed by atoms with Gasteiger partial charge >= 0.3 is 6.04 Å². The van der Waals surface area contributed by atoms with Crippen molar-refractivity contribution in [1.82, 2.24) is 0 Å². The van der Waals surface area contributed by atoms with Gasteiger partial charge in [0.1, 0.15) is 0 Å². The summed E-state index contributed by atoms with van der Waals surface area (Å²) in [7, 11) is 0. The highest BCUT2D eigenvalue weighted by molar-refractivity contribution is 5.72. The molecule has 0 radical (unpaired) electrons. The smallest absolute Gasteiger partial charge is 0.261 e. The summed E-state index contributed by atoms with van der Waals surface area (Å²) in [5, 5.41) is 0. The van der Waals surface area contributed by atoms with Crippen molar-refractivity contribution in [3.63, 3.8) is 0 Å². The predicted octanol–water partition coefficient (Wildman–Crippen LogP) is 1.92. The molecule has 0 heterocycles. The Hall–Kier alpha value is -0.400. The van der Waals surface area contributed by atoms with E-state index in [1.54, 1.807) is 0 Å². The van der Waals surface area contributed by atoms with E-state index in [-0.39, 0.29) is 5.92 Å². The van der Waals surface area contributed by atoms with Gasteiger partial charge in [-0.15, -0.1) is 0 Å². The molecule has 1 nitrogen and oxygen atoms in total. The van der Waals surface area contributed by atoms with Gasteiger partial charge in [0.05, 0.1) is 5.92 Å². The van der Waals surface area contributed by atoms with Gasteiger partial charge in [-0.3, -0.25) is 4.79 Å². The van der Waals surface area contributed by atoms with Gasteiger partial charge in [0.25, 0.3) is 0 Å². The number of hydrogen-bond acceptors (Lipinski definition) is 1. The lowest BCUT2D eigenvalue weighted by Crippen LogP contribution is -2.16. The summed E-state index contributed by atoms with van der Waals surface area (Å²) in [6.07, 6.45) is 4.26. The van der Waals surface area contributed by atoms with Gasteiger partial charge in [0, 0.05) is 0 Å². The number of carbonyl (C=O) groups is 1. The van der Waals surface area contributed by atoms with Crippen molar-refractivity contribution in [2.75, 3.05) is 0 Å². The zero-order chi connectivity index (χ0) is 7.14. The van der Waals surface area contributed by atoms with Crippen LogP contribution >= 0.6 is 0 Å². The molecule has 0 aromatic rings. The van der Waals surface area contributed by atoms with E-state index in [9.17, 15) is 9.18 Å². The molecule has 3 unspecified atom stereocenters. The Morgan fingerprint density at radius 2 is 2.10 bits per heavy atom. The highest BCUT2D eigenvalue weighted by Crippen LogP contribution is 2.48. The average Bonchev–Trinajstić information content (AvgIpc) is 2.44. The molecular weight excluding hydrogens is 131 g/mol. The Morgan fingerprint density at radius 3 is 2.40 bits per heavy atom. The van der Waals surface area contributed by atoms with Crippen molar-refractivity contribution >= 4 is 6.04 Å². The topological polar surface area (TPSA) is 17.1 Å². The van der Waals surface area contributed by atoms with Gasteiger partial charge in [-0.25, -0.2) is 0 Å². The molecule has 2 bridgehead atoms. The van der Waals surface area contributed by atoms with Gasteiger partial charge in [-0.05, 0) is 31.1 Å². The second-order valence-corrected chi connectivity index (χ2v) is 3.59. The number of halogens is 1. The fourth-order valence-corrected chi connectivity index (χ4v) is 2.52. The van der Waals surface area contributed by atoms with E-state index in [2.05, 4.69) is 0 Å². The Balaban J connectivity index is 2.08. The van der Waals surface area contributed by atoms with E-state index in [4.69, 9.17) is 0 Å². The van der Waals surface area contributed by atoms with E-state index < -0.39 is 6.04 Å². The second-order valence-electron chi connectivity index (χ2n) is 3.59. The highest BCUT2D eigenvalue weighted by atomic mass is 19.1. The van der Waals surface area contributed by atoms with Gasteiger partial charge in [0.2, 0.25) is 0 Å². The third-order valence-corrected chi connectivity index (χ3v) is 3.03. The van der Waals surface area contributed by atoms with Crippen LogP contribution in [0.1, 0.15) is 25.7 Å². The summed E-state index contributed by atoms with van der Waals surface area (Å²) >= 11 is 0. The number of carbonyl (C=O) groups excluding carboxylic acids is 1. The number of rotatable bonds is 1. The number of fused-ring (bicyclic) bond motifs is 2. The van der Waals surface area contributed by atoms with Crippen LogP contribution in [-0.2, 0) is 4.79 Å². The molecule has 2 saturated carbocycles. The highest BCUT2D eigenvalue weighted by Gasteiger charge is 2.43. The molecule has 56 valence electrons. The first-order valence-corrected chi connectivity index (χ1v) is 3.96. The Kier molecular flexibility index (Phi) is 1.29. The fourth-order valence-electron chi connectivity index (χ4n) is 2.52. The van der Waals surface area contributed by atoms with Crippen molar-refractivity contribution < 1.29 is 9.18 Å². The molecule has 0 aromatic carbocycles. The lowest BCUT2D eigenvalue weighted by atomic mass is 9.89. The molecule has 2 aliphatic carbocycles. The van der Waals surface area contributed by atoms with Crippen molar-refractivity contribution in [2.45, 2.75) is 25.7 Å². The normalized spacial score (nSPS) is 44.3. The molecule has 2 rings (SSSR count). The maximum absolute atomic E-state index is 12.2. The van der Waals surface area contributed by atoms with E-state index in [1.165, 1.54) is 6.42 Å². The van der Waals surface area contributed by atoms with Crippen LogP contribution in [0.2, 0.25) is 0 Å². The molecule has 0 N–H and O–H groups in total. The first-order valence-electron chi connectivity index (χ1n) is 3.96. The van der Waals surface area contributed by atoms with Crippen LogP contribution in [0.15, 0.2) is 0 Å². The molecule has 2 fully saturated rings. The summed E-state index contributed by atoms with van der Waals surface area (Å²) in [6, 6.07) is -1.06. The molecule has 0 saturated heterocycles. The Bertz CT molecular complexity index is 167. The molecule has 0 amide bonds. The van der Waals surface area contributed by atoms with Crippen LogP contribution in [0, 0.1) is 17.8 Å². The van der Waals surface area contributed by atoms with Crippen molar-refractivity contribution in [1.29, 1.82) is 0 Å². The van der Waals surface area contributed by atoms with Crippen molar-refractivity contribution in [2.24, 2.45) is 17.8 Å². The first kappa shape index (κ1) is 6.32. The standard InChI is InChI=1S/C8H11FO/c9-8(10)7-4-5-1-2-6(7)3-5/h5-7H,1-4H2. The molecule has 0 aliphatic heterocycles. The largest absolute Gasteiger partial charge is 0.304 e. The van der Waals surface area contributed by atoms with Crippen LogP contribution in [0.4, 0.5) is 4.39 Å². The second kappa shape index (κ2) is 2.04. The third-order valence-electron chi connectivity index (χ3n) is 3.03. The summed E-state index contributed by atoms with van der Waals surface area (Å²) in [6.45, 7) is 0. The van der Waals surface area contributed by atoms with Gasteiger partial charge in [-0.2, -0.15) is 4.39 Å². The Morgan fingerprint density at radius 1 is 1.30 bits per heavy atom. The monoisotopic (exact) mass is 142 g/mol. The van der Waals surface area contributed by atoms with E-state index in [0.717, 1.165) is 19.3 Å². The van der Waals surface area contributed by atoms with Crippen molar-refractivity contribution in [3.8, 4) is 0 Å². The molecular formula is C8H11FO. The van der Waals surface area contributed by atoms with E-state index in [0.29, 0.717) is 11.8 Å². The SMILES string of the molecule is O=C(F)C1CC2CCC1C2. The lowest BCUT2D eigenvalue weighted by Gasteiger charge is -2.15. The maximum atomic E-state index is 12.2. The summed E-state index contributed by atoms with van der Waals surface area (Å²) in [5.74, 6) is 0.871. The summed E-state index contributed by atoms with van der Waals surface area (Å²) in [5.41, 5.74) is 0. The minimum Gasteiger partial charge on any atom is -0.261 e. The average molecular weight is 142 g/mol. The first-order chi connectivity index (χ1) is 4.77. The van der Waals surface area contributed by atoms with Crippen molar-refractivity contribution in [3.05, 3.63) is 0 Å². The van der Waals surface area contributed by atoms with Gasteiger partial charge in [-0.1, -0.05) is 6.42 Å². The molecule has 0 aromatic heterocycles. The Labute approximate surface area is 59.6 Å². The zero-order valence-electron chi connectivity index (χ0n) is 5.85. The van der Waals surface area contributed by atoms with Crippen LogP contribution in [0.3, 0.4) is 0 Å². The molecule has 2 aliphatic rings. The minimum absolute atomic E-state index is 0.209. The van der Waals surface area contributed by atoms with Crippen LogP contribution in [0.5, 0.6) is 0 Å².